The van der Waals surface area contributed by atoms with E-state index in [1.807, 2.05) is 24.3 Å². The molecule has 22 heavy (non-hydrogen) atoms. The molecule has 0 aliphatic rings. The molecular weight excluding hydrogens is 302 g/mol. The van der Waals surface area contributed by atoms with Gasteiger partial charge in [0.1, 0.15) is 12.1 Å². The van der Waals surface area contributed by atoms with E-state index in [9.17, 15) is 8.42 Å². The van der Waals surface area contributed by atoms with Gasteiger partial charge in [0, 0.05) is 18.9 Å². The Morgan fingerprint density at radius 3 is 2.36 bits per heavy atom. The van der Waals surface area contributed by atoms with E-state index in [1.54, 1.807) is 19.5 Å². The van der Waals surface area contributed by atoms with E-state index >= 15 is 0 Å². The Balaban J connectivity index is 1.78. The van der Waals surface area contributed by atoms with Gasteiger partial charge >= 0.3 is 0 Å². The molecule has 0 unspecified atom stereocenters. The van der Waals surface area contributed by atoms with Crippen molar-refractivity contribution in [3.05, 3.63) is 54.1 Å². The van der Waals surface area contributed by atoms with Crippen molar-refractivity contribution in [2.75, 3.05) is 19.4 Å². The molecule has 7 heteroatoms. The molecule has 0 saturated carbocycles. The molecule has 0 aliphatic heterocycles. The van der Waals surface area contributed by atoms with Crippen molar-refractivity contribution >= 4 is 10.0 Å². The number of nitrogens with one attached hydrogen (secondary N) is 1. The summed E-state index contributed by atoms with van der Waals surface area (Å²) in [6.45, 7) is 0.346. The molecule has 0 spiro atoms. The molecule has 6 nitrogen and oxygen atoms in total. The predicted octanol–water partition coefficient (Wildman–Crippen LogP) is 1.19. The smallest absolute Gasteiger partial charge is 0.211 e. The van der Waals surface area contributed by atoms with Gasteiger partial charge in [-0.2, -0.15) is 0 Å². The van der Waals surface area contributed by atoms with Crippen LogP contribution in [0.25, 0.3) is 0 Å². The maximum absolute atomic E-state index is 12.0. The normalized spacial score (nSPS) is 11.3. The third kappa shape index (κ3) is 5.42. The first kappa shape index (κ1) is 16.4. The number of hydrogen-bond donors (Lipinski definition) is 1. The van der Waals surface area contributed by atoms with Crippen molar-refractivity contribution in [1.29, 1.82) is 0 Å². The van der Waals surface area contributed by atoms with Crippen LogP contribution >= 0.6 is 0 Å². The summed E-state index contributed by atoms with van der Waals surface area (Å²) in [5.74, 6) is 0.819. The molecule has 0 atom stereocenters. The van der Waals surface area contributed by atoms with E-state index in [0.717, 1.165) is 16.9 Å². The molecule has 0 fully saturated rings. The maximum atomic E-state index is 12.0. The quantitative estimate of drug-likeness (QED) is 0.790. The topological polar surface area (TPSA) is 81.2 Å². The summed E-state index contributed by atoms with van der Waals surface area (Å²) in [7, 11) is -1.69. The molecular formula is C15H19N3O3S. The van der Waals surface area contributed by atoms with E-state index in [-0.39, 0.29) is 5.75 Å². The summed E-state index contributed by atoms with van der Waals surface area (Å²) >= 11 is 0. The fourth-order valence-electron chi connectivity index (χ4n) is 1.93. The number of hydrogen-bond acceptors (Lipinski definition) is 5. The van der Waals surface area contributed by atoms with Crippen LogP contribution in [0.4, 0.5) is 0 Å². The van der Waals surface area contributed by atoms with E-state index in [0.29, 0.717) is 19.4 Å². The highest BCUT2D eigenvalue weighted by molar-refractivity contribution is 7.89. The van der Waals surface area contributed by atoms with Crippen LogP contribution < -0.4 is 9.46 Å². The fourth-order valence-corrected chi connectivity index (χ4v) is 2.99. The molecule has 0 amide bonds. The zero-order chi connectivity index (χ0) is 15.8. The van der Waals surface area contributed by atoms with Crippen molar-refractivity contribution in [2.45, 2.75) is 12.8 Å². The fraction of sp³-hybridized carbons (Fsp3) is 0.333. The third-order valence-corrected chi connectivity index (χ3v) is 4.55. The van der Waals surface area contributed by atoms with Crippen LogP contribution in [0.15, 0.2) is 43.0 Å². The van der Waals surface area contributed by atoms with Gasteiger partial charge < -0.3 is 4.74 Å². The van der Waals surface area contributed by atoms with Gasteiger partial charge in [-0.1, -0.05) is 12.1 Å². The van der Waals surface area contributed by atoms with Gasteiger partial charge in [-0.15, -0.1) is 0 Å². The number of methoxy groups -OCH3 is 1. The number of benzene rings is 1. The third-order valence-electron chi connectivity index (χ3n) is 3.17. The minimum absolute atomic E-state index is 0.0601. The second kappa shape index (κ2) is 7.86. The van der Waals surface area contributed by atoms with Crippen LogP contribution in [-0.4, -0.2) is 37.8 Å². The molecule has 1 aromatic carbocycles. The molecule has 0 aliphatic carbocycles. The number of rotatable bonds is 8. The minimum atomic E-state index is -3.29. The summed E-state index contributed by atoms with van der Waals surface area (Å²) in [6.07, 6.45) is 5.84. The van der Waals surface area contributed by atoms with Crippen molar-refractivity contribution in [3.63, 3.8) is 0 Å². The summed E-state index contributed by atoms with van der Waals surface area (Å²) < 4.78 is 31.6. The van der Waals surface area contributed by atoms with Crippen LogP contribution in [0.2, 0.25) is 0 Å². The number of aromatic nitrogens is 2. The van der Waals surface area contributed by atoms with Crippen LogP contribution in [0.5, 0.6) is 5.75 Å². The maximum Gasteiger partial charge on any atom is 0.211 e. The lowest BCUT2D eigenvalue weighted by atomic mass is 10.2. The van der Waals surface area contributed by atoms with E-state index in [1.165, 1.54) is 6.33 Å². The van der Waals surface area contributed by atoms with Gasteiger partial charge in [-0.3, -0.25) is 0 Å². The zero-order valence-corrected chi connectivity index (χ0v) is 13.2. The average molecular weight is 321 g/mol. The average Bonchev–Trinajstić information content (AvgIpc) is 2.54. The highest BCUT2D eigenvalue weighted by Gasteiger charge is 2.10. The Labute approximate surface area is 130 Å². The second-order valence-electron chi connectivity index (χ2n) is 4.81. The van der Waals surface area contributed by atoms with Gasteiger partial charge in [0.05, 0.1) is 12.9 Å². The van der Waals surface area contributed by atoms with Crippen molar-refractivity contribution in [1.82, 2.24) is 14.7 Å². The van der Waals surface area contributed by atoms with Crippen LogP contribution in [0, 0.1) is 0 Å². The number of nitrogens with zero attached hydrogens (tertiary/aromatic N) is 2. The summed E-state index contributed by atoms with van der Waals surface area (Å²) in [6, 6.07) is 7.39. The predicted molar refractivity (Wildman–Crippen MR) is 84.2 cm³/mol. The molecule has 1 heterocycles. The highest BCUT2D eigenvalue weighted by atomic mass is 32.2. The van der Waals surface area contributed by atoms with E-state index in [2.05, 4.69) is 14.7 Å². The SMILES string of the molecule is COc1ccc(CCS(=O)(=O)NCCc2cncnc2)cc1. The Bertz CT molecular complexity index is 673. The molecule has 1 aromatic heterocycles. The monoisotopic (exact) mass is 321 g/mol. The van der Waals surface area contributed by atoms with E-state index < -0.39 is 10.0 Å². The molecule has 1 N–H and O–H groups in total. The van der Waals surface area contributed by atoms with Gasteiger partial charge in [0.15, 0.2) is 0 Å². The van der Waals surface area contributed by atoms with Gasteiger partial charge in [0.2, 0.25) is 10.0 Å². The Morgan fingerprint density at radius 2 is 1.73 bits per heavy atom. The number of aryl methyl sites for hydroxylation is 1. The molecule has 2 aromatic rings. The van der Waals surface area contributed by atoms with Crippen molar-refractivity contribution < 1.29 is 13.2 Å². The second-order valence-corrected chi connectivity index (χ2v) is 6.73. The summed E-state index contributed by atoms with van der Waals surface area (Å²) in [5, 5.41) is 0. The van der Waals surface area contributed by atoms with Gasteiger partial charge in [0.25, 0.3) is 0 Å². The van der Waals surface area contributed by atoms with Crippen molar-refractivity contribution in [2.24, 2.45) is 0 Å². The first-order valence-corrected chi connectivity index (χ1v) is 8.58. The van der Waals surface area contributed by atoms with Crippen molar-refractivity contribution in [3.8, 4) is 5.75 Å². The lowest BCUT2D eigenvalue weighted by Crippen LogP contribution is -2.29. The Kier molecular flexibility index (Phi) is 5.85. The lowest BCUT2D eigenvalue weighted by Gasteiger charge is -2.07. The van der Waals surface area contributed by atoms with Crippen LogP contribution in [0.3, 0.4) is 0 Å². The number of sulfonamides is 1. The minimum Gasteiger partial charge on any atom is -0.497 e. The van der Waals surface area contributed by atoms with E-state index in [4.69, 9.17) is 4.74 Å². The zero-order valence-electron chi connectivity index (χ0n) is 12.4. The molecule has 0 bridgehead atoms. The first-order valence-electron chi connectivity index (χ1n) is 6.93. The summed E-state index contributed by atoms with van der Waals surface area (Å²) in [4.78, 5) is 7.78. The summed E-state index contributed by atoms with van der Waals surface area (Å²) in [5.41, 5.74) is 1.86. The van der Waals surface area contributed by atoms with Gasteiger partial charge in [-0.05, 0) is 36.1 Å². The van der Waals surface area contributed by atoms with Crippen LogP contribution in [-0.2, 0) is 22.9 Å². The highest BCUT2D eigenvalue weighted by Crippen LogP contribution is 2.12. The molecule has 0 saturated heterocycles. The largest absolute Gasteiger partial charge is 0.497 e. The Hall–Kier alpha value is -1.99. The first-order chi connectivity index (χ1) is 10.6. The van der Waals surface area contributed by atoms with Crippen LogP contribution in [0.1, 0.15) is 11.1 Å². The Morgan fingerprint density at radius 1 is 1.05 bits per heavy atom. The molecule has 118 valence electrons. The molecule has 0 radical (unpaired) electrons. The van der Waals surface area contributed by atoms with Gasteiger partial charge in [-0.25, -0.2) is 23.1 Å². The molecule has 2 rings (SSSR count). The standard InChI is InChI=1S/C15H19N3O3S/c1-21-15-4-2-13(3-5-15)7-9-22(19,20)18-8-6-14-10-16-12-17-11-14/h2-5,10-12,18H,6-9H2,1H3. The lowest BCUT2D eigenvalue weighted by molar-refractivity contribution is 0.414. The number of ether oxygens (including phenoxy) is 1.